The number of ether oxygens (including phenoxy) is 2. The Kier molecular flexibility index (Phi) is 8.54. The van der Waals surface area contributed by atoms with Gasteiger partial charge in [0.2, 0.25) is 5.91 Å². The van der Waals surface area contributed by atoms with E-state index in [4.69, 9.17) is 9.47 Å². The molecule has 2 amide bonds. The maximum absolute atomic E-state index is 14.8. The summed E-state index contributed by atoms with van der Waals surface area (Å²) in [6, 6.07) is 23.6. The number of aliphatic hydroxyl groups excluding tert-OH is 1. The zero-order valence-electron chi connectivity index (χ0n) is 28.5. The predicted molar refractivity (Wildman–Crippen MR) is 191 cm³/mol. The van der Waals surface area contributed by atoms with Gasteiger partial charge in [-0.1, -0.05) is 79.0 Å². The molecule has 0 radical (unpaired) electrons. The molecule has 5 atom stereocenters. The number of rotatable bonds is 11. The highest BCUT2D eigenvalue weighted by molar-refractivity contribution is 6.91. The number of carbonyl (C=O) groups is 2. The lowest BCUT2D eigenvalue weighted by Crippen LogP contribution is -2.52. The molecule has 0 aliphatic carbocycles. The number of aryl methyl sites for hydroxylation is 1. The van der Waals surface area contributed by atoms with Crippen LogP contribution in [0.1, 0.15) is 42.7 Å². The molecule has 1 spiro atoms. The number of nitrogens with zero attached hydrogens (tertiary/aromatic N) is 5. The van der Waals surface area contributed by atoms with Crippen LogP contribution in [0.2, 0.25) is 18.6 Å². The Bertz CT molecular complexity index is 1880. The minimum atomic E-state index is -2.35. The minimum Gasteiger partial charge on any atom is -0.497 e. The van der Waals surface area contributed by atoms with Crippen LogP contribution in [-0.4, -0.2) is 66.3 Å². The summed E-state index contributed by atoms with van der Waals surface area (Å²) in [5, 5.41) is 20.8. The quantitative estimate of drug-likeness (QED) is 0.136. The summed E-state index contributed by atoms with van der Waals surface area (Å²) in [5.41, 5.74) is 2.42. The Hall–Kier alpha value is -4.58. The largest absolute Gasteiger partial charge is 0.497 e. The van der Waals surface area contributed by atoms with Crippen LogP contribution >= 0.6 is 0 Å². The Morgan fingerprint density at radius 3 is 2.53 bits per heavy atom. The molecule has 0 saturated carbocycles. The second-order valence-corrected chi connectivity index (χ2v) is 18.6. The predicted octanol–water partition coefficient (Wildman–Crippen LogP) is 4.94. The summed E-state index contributed by atoms with van der Waals surface area (Å²) in [4.78, 5) is 30.8. The highest BCUT2D eigenvalue weighted by Crippen LogP contribution is 2.60. The van der Waals surface area contributed by atoms with Crippen LogP contribution < -0.4 is 19.7 Å². The van der Waals surface area contributed by atoms with E-state index in [1.807, 2.05) is 60.7 Å². The SMILES string of the molecule is C=CCN1C(=O)[C@]2(O[C@H](CCn3cc([C@H](O)c4ccccc4)nn3)[C@@H]([Si](C)(C)c3ccc(OC)cc3)[C@@H]2C)c2cc(N3CCC3=O)ccc21. The van der Waals surface area contributed by atoms with E-state index in [2.05, 4.69) is 49.0 Å². The first-order valence-corrected chi connectivity index (χ1v) is 20.0. The summed E-state index contributed by atoms with van der Waals surface area (Å²) in [6.45, 7) is 12.3. The van der Waals surface area contributed by atoms with Gasteiger partial charge >= 0.3 is 0 Å². The van der Waals surface area contributed by atoms with Crippen LogP contribution in [0, 0.1) is 5.92 Å². The summed E-state index contributed by atoms with van der Waals surface area (Å²) in [7, 11) is -0.686. The summed E-state index contributed by atoms with van der Waals surface area (Å²) in [5.74, 6) is 0.596. The van der Waals surface area contributed by atoms with Crippen molar-refractivity contribution in [1.29, 1.82) is 0 Å². The van der Waals surface area contributed by atoms with Gasteiger partial charge in [-0.05, 0) is 47.9 Å². The highest BCUT2D eigenvalue weighted by Gasteiger charge is 2.66. The number of carbonyl (C=O) groups excluding carboxylic acids is 2. The molecular weight excluding hydrogens is 635 g/mol. The molecule has 1 aromatic heterocycles. The molecule has 7 rings (SSSR count). The Balaban J connectivity index is 1.27. The third kappa shape index (κ3) is 5.40. The topological polar surface area (TPSA) is 110 Å². The maximum atomic E-state index is 14.8. The van der Waals surface area contributed by atoms with Gasteiger partial charge in [-0.2, -0.15) is 0 Å². The molecule has 49 heavy (non-hydrogen) atoms. The van der Waals surface area contributed by atoms with Crippen LogP contribution in [0.4, 0.5) is 11.4 Å². The molecule has 2 saturated heterocycles. The van der Waals surface area contributed by atoms with E-state index in [1.54, 1.807) is 33.9 Å². The van der Waals surface area contributed by atoms with Gasteiger partial charge in [0.15, 0.2) is 5.60 Å². The smallest absolute Gasteiger partial charge is 0.264 e. The molecule has 254 valence electrons. The van der Waals surface area contributed by atoms with Crippen LogP contribution in [0.3, 0.4) is 0 Å². The zero-order valence-corrected chi connectivity index (χ0v) is 29.5. The number of amides is 2. The lowest BCUT2D eigenvalue weighted by Gasteiger charge is -2.37. The molecule has 10 nitrogen and oxygen atoms in total. The molecule has 1 N–H and O–H groups in total. The molecule has 0 unspecified atom stereocenters. The van der Waals surface area contributed by atoms with Crippen molar-refractivity contribution in [2.24, 2.45) is 5.92 Å². The fourth-order valence-electron chi connectivity index (χ4n) is 8.25. The van der Waals surface area contributed by atoms with E-state index >= 15 is 0 Å². The summed E-state index contributed by atoms with van der Waals surface area (Å²) >= 11 is 0. The molecular formula is C38H43N5O5Si. The first-order chi connectivity index (χ1) is 23.6. The van der Waals surface area contributed by atoms with Crippen LogP contribution in [0.15, 0.2) is 91.6 Å². The normalized spacial score (nSPS) is 23.9. The Morgan fingerprint density at radius 1 is 1.12 bits per heavy atom. The molecule has 3 aliphatic heterocycles. The lowest BCUT2D eigenvalue weighted by molar-refractivity contribution is -0.145. The van der Waals surface area contributed by atoms with Crippen molar-refractivity contribution in [2.75, 3.05) is 30.0 Å². The third-order valence-electron chi connectivity index (χ3n) is 10.9. The van der Waals surface area contributed by atoms with Gasteiger partial charge in [0.1, 0.15) is 17.5 Å². The standard InChI is InChI=1S/C38H43N5O5Si/c1-6-20-43-32-17-12-27(42-22-19-34(42)44)23-30(32)38(37(43)46)25(2)36(49(4,5)29-15-13-28(47-3)14-16-29)33(48-38)18-21-41-24-31(39-40-41)35(45)26-10-8-7-9-11-26/h6-17,23-25,33,35-36,45H,1,18-22H2,2-5H3/t25-,33+,35+,36-,38+/m0/s1. The number of β-lactam (4-membered cyclic amide) rings is 1. The second kappa shape index (κ2) is 12.7. The van der Waals surface area contributed by atoms with E-state index < -0.39 is 19.8 Å². The first-order valence-electron chi connectivity index (χ1n) is 16.9. The number of aromatic nitrogens is 3. The number of methoxy groups -OCH3 is 1. The fraction of sp³-hybridized carbons (Fsp3) is 0.368. The number of benzene rings is 3. The highest BCUT2D eigenvalue weighted by atomic mass is 28.3. The van der Waals surface area contributed by atoms with Crippen molar-refractivity contribution >= 4 is 36.4 Å². The second-order valence-electron chi connectivity index (χ2n) is 13.9. The maximum Gasteiger partial charge on any atom is 0.264 e. The number of hydrogen-bond acceptors (Lipinski definition) is 7. The molecule has 3 aromatic carbocycles. The number of anilines is 2. The Labute approximate surface area is 288 Å². The van der Waals surface area contributed by atoms with Crippen LogP contribution in [0.25, 0.3) is 0 Å². The van der Waals surface area contributed by atoms with Crippen molar-refractivity contribution in [2.45, 2.75) is 62.8 Å². The van der Waals surface area contributed by atoms with E-state index in [9.17, 15) is 14.7 Å². The van der Waals surface area contributed by atoms with Crippen molar-refractivity contribution in [3.8, 4) is 5.75 Å². The Morgan fingerprint density at radius 2 is 1.88 bits per heavy atom. The van der Waals surface area contributed by atoms with E-state index in [1.165, 1.54) is 5.19 Å². The van der Waals surface area contributed by atoms with Gasteiger partial charge < -0.3 is 24.4 Å². The monoisotopic (exact) mass is 677 g/mol. The number of aliphatic hydroxyl groups is 1. The molecule has 11 heteroatoms. The van der Waals surface area contributed by atoms with Gasteiger partial charge in [-0.25, -0.2) is 0 Å². The van der Waals surface area contributed by atoms with Crippen LogP contribution in [-0.2, 0) is 26.5 Å². The van der Waals surface area contributed by atoms with Crippen molar-refractivity contribution < 1.29 is 24.2 Å². The molecule has 0 bridgehead atoms. The average molecular weight is 678 g/mol. The van der Waals surface area contributed by atoms with Crippen LogP contribution in [0.5, 0.6) is 5.75 Å². The lowest BCUT2D eigenvalue weighted by atomic mass is 9.82. The van der Waals surface area contributed by atoms with Gasteiger partial charge in [0.05, 0.1) is 33.2 Å². The van der Waals surface area contributed by atoms with Crippen molar-refractivity contribution in [3.63, 3.8) is 0 Å². The van der Waals surface area contributed by atoms with E-state index in [-0.39, 0.29) is 29.4 Å². The van der Waals surface area contributed by atoms with Gasteiger partial charge in [-0.15, -0.1) is 11.7 Å². The summed E-state index contributed by atoms with van der Waals surface area (Å²) < 4.78 is 14.5. The van der Waals surface area contributed by atoms with Gasteiger partial charge in [0.25, 0.3) is 5.91 Å². The van der Waals surface area contributed by atoms with Gasteiger partial charge in [-0.3, -0.25) is 14.3 Å². The average Bonchev–Trinajstić information content (AvgIpc) is 3.77. The molecule has 4 aromatic rings. The third-order valence-corrected chi connectivity index (χ3v) is 15.2. The fourth-order valence-corrected chi connectivity index (χ4v) is 12.3. The van der Waals surface area contributed by atoms with E-state index in [0.717, 1.165) is 28.3 Å². The first kappa shape index (κ1) is 32.9. The minimum absolute atomic E-state index is 0.0357. The number of fused-ring (bicyclic) bond motifs is 2. The van der Waals surface area contributed by atoms with E-state index in [0.29, 0.717) is 38.2 Å². The molecule has 2 fully saturated rings. The van der Waals surface area contributed by atoms with Gasteiger partial charge in [0, 0.05) is 43.2 Å². The number of hydrogen-bond donors (Lipinski definition) is 1. The zero-order chi connectivity index (χ0) is 34.5. The molecule has 4 heterocycles. The molecule has 3 aliphatic rings. The summed E-state index contributed by atoms with van der Waals surface area (Å²) in [6.07, 6.45) is 3.46. The van der Waals surface area contributed by atoms with Crippen molar-refractivity contribution in [3.05, 3.63) is 108 Å². The van der Waals surface area contributed by atoms with Crippen molar-refractivity contribution in [1.82, 2.24) is 15.0 Å².